The van der Waals surface area contributed by atoms with Crippen LogP contribution in [-0.2, 0) is 4.79 Å². The molecule has 1 atom stereocenters. The Morgan fingerprint density at radius 1 is 1.13 bits per heavy atom. The minimum atomic E-state index is 0.141. The van der Waals surface area contributed by atoms with Crippen molar-refractivity contribution in [2.45, 2.75) is 38.1 Å². The van der Waals surface area contributed by atoms with Crippen molar-refractivity contribution in [2.75, 3.05) is 18.0 Å². The van der Waals surface area contributed by atoms with E-state index in [-0.39, 0.29) is 17.4 Å². The number of nitrogens with zero attached hydrogens (tertiary/aromatic N) is 4. The van der Waals surface area contributed by atoms with Crippen LogP contribution in [0.1, 0.15) is 32.1 Å². The second-order valence-electron chi connectivity index (χ2n) is 9.03. The number of nitrogens with one attached hydrogen (secondary N) is 1. The Morgan fingerprint density at radius 3 is 2.77 bits per heavy atom. The maximum Gasteiger partial charge on any atom is 0.247 e. The highest BCUT2D eigenvalue weighted by Gasteiger charge is 2.52. The number of anilines is 1. The summed E-state index contributed by atoms with van der Waals surface area (Å²) in [5, 5.41) is 4.42. The van der Waals surface area contributed by atoms with E-state index < -0.39 is 0 Å². The maximum absolute atomic E-state index is 12.5. The van der Waals surface area contributed by atoms with Crippen LogP contribution in [0.3, 0.4) is 0 Å². The van der Waals surface area contributed by atoms with Crippen molar-refractivity contribution in [1.29, 1.82) is 0 Å². The number of hydrogen-bond donors (Lipinski definition) is 1. The smallest absolute Gasteiger partial charge is 0.247 e. The van der Waals surface area contributed by atoms with Gasteiger partial charge in [-0.1, -0.05) is 24.6 Å². The Morgan fingerprint density at radius 2 is 2.00 bits per heavy atom. The Kier molecular flexibility index (Phi) is 4.26. The van der Waals surface area contributed by atoms with Crippen molar-refractivity contribution in [3.05, 3.63) is 60.4 Å². The van der Waals surface area contributed by atoms with Gasteiger partial charge in [-0.3, -0.25) is 9.78 Å². The number of rotatable bonds is 4. The number of benzene rings is 1. The number of pyridine rings is 1. The third-order valence-corrected chi connectivity index (χ3v) is 7.12. The van der Waals surface area contributed by atoms with Crippen LogP contribution < -0.4 is 10.2 Å². The molecule has 6 heteroatoms. The van der Waals surface area contributed by atoms with Crippen LogP contribution in [0.25, 0.3) is 22.3 Å². The number of amides is 1. The largest absolute Gasteiger partial charge is 0.355 e. The Labute approximate surface area is 181 Å². The van der Waals surface area contributed by atoms with E-state index in [9.17, 15) is 4.79 Å². The van der Waals surface area contributed by atoms with Crippen LogP contribution in [0.4, 0.5) is 5.82 Å². The van der Waals surface area contributed by atoms with E-state index in [1.165, 1.54) is 6.42 Å². The number of carbonyl (C=O) groups is 1. The van der Waals surface area contributed by atoms with Gasteiger partial charge in [-0.15, -0.1) is 0 Å². The fraction of sp³-hybridized carbons (Fsp3) is 0.360. The summed E-state index contributed by atoms with van der Waals surface area (Å²) >= 11 is 0. The van der Waals surface area contributed by atoms with Gasteiger partial charge in [-0.05, 0) is 49.9 Å². The van der Waals surface area contributed by atoms with Crippen LogP contribution in [0, 0.1) is 5.41 Å². The highest BCUT2D eigenvalue weighted by atomic mass is 16.1. The molecule has 156 valence electrons. The number of fused-ring (bicyclic) bond motifs is 1. The predicted octanol–water partition coefficient (Wildman–Crippen LogP) is 3.89. The molecule has 3 aromatic rings. The lowest BCUT2D eigenvalue weighted by molar-refractivity contribution is -0.119. The summed E-state index contributed by atoms with van der Waals surface area (Å²) in [4.78, 5) is 28.9. The quantitative estimate of drug-likeness (QED) is 0.705. The molecule has 3 aliphatic rings. The first-order valence-corrected chi connectivity index (χ1v) is 11.1. The summed E-state index contributed by atoms with van der Waals surface area (Å²) in [6.07, 6.45) is 11.0. The molecular weight excluding hydrogens is 386 g/mol. The number of aromatic nitrogens is 3. The average molecular weight is 412 g/mol. The molecule has 6 rings (SSSR count). The van der Waals surface area contributed by atoms with E-state index in [0.29, 0.717) is 5.82 Å². The minimum Gasteiger partial charge on any atom is -0.355 e. The topological polar surface area (TPSA) is 71.0 Å². The fourth-order valence-electron chi connectivity index (χ4n) is 5.28. The van der Waals surface area contributed by atoms with Gasteiger partial charge in [-0.2, -0.15) is 0 Å². The van der Waals surface area contributed by atoms with Gasteiger partial charge in [0.25, 0.3) is 0 Å². The highest BCUT2D eigenvalue weighted by Crippen LogP contribution is 2.48. The molecule has 2 fully saturated rings. The van der Waals surface area contributed by atoms with E-state index >= 15 is 0 Å². The zero-order valence-corrected chi connectivity index (χ0v) is 17.4. The Balaban J connectivity index is 1.29. The van der Waals surface area contributed by atoms with Crippen LogP contribution >= 0.6 is 0 Å². The fourth-order valence-corrected chi connectivity index (χ4v) is 5.28. The number of carbonyl (C=O) groups excluding carboxylic acids is 1. The Bertz CT molecular complexity index is 1180. The summed E-state index contributed by atoms with van der Waals surface area (Å²) in [6.45, 7) is 1.84. The van der Waals surface area contributed by atoms with Crippen molar-refractivity contribution in [1.82, 2.24) is 20.3 Å². The summed E-state index contributed by atoms with van der Waals surface area (Å²) in [6, 6.07) is 12.4. The van der Waals surface area contributed by atoms with Crippen molar-refractivity contribution in [3.63, 3.8) is 0 Å². The van der Waals surface area contributed by atoms with Crippen molar-refractivity contribution in [2.24, 2.45) is 5.41 Å². The van der Waals surface area contributed by atoms with Gasteiger partial charge in [0.15, 0.2) is 5.82 Å². The molecule has 1 N–H and O–H groups in total. The number of allylic oxidation sites excluding steroid dienone is 1. The van der Waals surface area contributed by atoms with Crippen molar-refractivity contribution in [3.8, 4) is 11.4 Å². The van der Waals surface area contributed by atoms with Crippen LogP contribution in [0.2, 0.25) is 0 Å². The zero-order valence-electron chi connectivity index (χ0n) is 17.4. The van der Waals surface area contributed by atoms with Crippen molar-refractivity contribution >= 4 is 22.6 Å². The van der Waals surface area contributed by atoms with Gasteiger partial charge < -0.3 is 10.2 Å². The lowest BCUT2D eigenvalue weighted by Gasteiger charge is -2.52. The summed E-state index contributed by atoms with van der Waals surface area (Å²) in [5.41, 5.74) is 2.98. The molecule has 2 aromatic heterocycles. The Hall–Kier alpha value is -3.28. The lowest BCUT2D eigenvalue weighted by atomic mass is 9.74. The normalized spacial score (nSPS) is 21.5. The molecule has 3 heterocycles. The summed E-state index contributed by atoms with van der Waals surface area (Å²) in [5.74, 6) is 1.83. The molecule has 1 saturated heterocycles. The molecule has 31 heavy (non-hydrogen) atoms. The standard InChI is InChI=1S/C25H25N5O/c31-24(17-6-3-7-17)28-21-11-4-12-25(21)15-30(16-25)23-19-9-1-2-10-20(19)27-22(29-23)18-8-5-13-26-14-18/h1-2,5-6,8-10,13-14,21H,3-4,7,11-12,15-16H2,(H,28,31). The molecule has 1 amide bonds. The van der Waals surface area contributed by atoms with E-state index in [0.717, 1.165) is 66.6 Å². The highest BCUT2D eigenvalue weighted by molar-refractivity contribution is 5.95. The third-order valence-electron chi connectivity index (χ3n) is 7.12. The molecule has 1 saturated carbocycles. The van der Waals surface area contributed by atoms with Crippen LogP contribution in [0.5, 0.6) is 0 Å². The predicted molar refractivity (Wildman–Crippen MR) is 121 cm³/mol. The second-order valence-corrected chi connectivity index (χ2v) is 9.03. The SMILES string of the molecule is O=C(NC1CCCC12CN(c1nc(-c3cccnc3)nc3ccccc13)C2)C1=CCC1. The van der Waals surface area contributed by atoms with Gasteiger partial charge in [0.05, 0.1) is 5.52 Å². The second kappa shape index (κ2) is 7.15. The van der Waals surface area contributed by atoms with E-state index in [2.05, 4.69) is 27.3 Å². The molecular formula is C25H25N5O. The van der Waals surface area contributed by atoms with E-state index in [1.807, 2.05) is 36.5 Å². The first-order chi connectivity index (χ1) is 15.2. The van der Waals surface area contributed by atoms with Gasteiger partial charge in [0.1, 0.15) is 5.82 Å². The molecule has 2 aliphatic carbocycles. The third kappa shape index (κ3) is 3.09. The monoisotopic (exact) mass is 411 g/mol. The lowest BCUT2D eigenvalue weighted by Crippen LogP contribution is -2.64. The minimum absolute atomic E-state index is 0.141. The molecule has 1 aromatic carbocycles. The summed E-state index contributed by atoms with van der Waals surface area (Å²) < 4.78 is 0. The first kappa shape index (κ1) is 18.5. The maximum atomic E-state index is 12.5. The van der Waals surface area contributed by atoms with Crippen LogP contribution in [0.15, 0.2) is 60.4 Å². The van der Waals surface area contributed by atoms with Crippen molar-refractivity contribution < 1.29 is 4.79 Å². The van der Waals surface area contributed by atoms with Gasteiger partial charge in [-0.25, -0.2) is 9.97 Å². The molecule has 1 unspecified atom stereocenters. The van der Waals surface area contributed by atoms with Gasteiger partial charge >= 0.3 is 0 Å². The number of hydrogen-bond acceptors (Lipinski definition) is 5. The summed E-state index contributed by atoms with van der Waals surface area (Å²) in [7, 11) is 0. The number of para-hydroxylation sites is 1. The van der Waals surface area contributed by atoms with Gasteiger partial charge in [0, 0.05) is 53.5 Å². The zero-order chi connectivity index (χ0) is 20.8. The molecule has 0 bridgehead atoms. The molecule has 0 radical (unpaired) electrons. The van der Waals surface area contributed by atoms with Crippen LogP contribution in [-0.4, -0.2) is 40.0 Å². The van der Waals surface area contributed by atoms with E-state index in [1.54, 1.807) is 6.20 Å². The van der Waals surface area contributed by atoms with E-state index in [4.69, 9.17) is 9.97 Å². The molecule has 6 nitrogen and oxygen atoms in total. The first-order valence-electron chi connectivity index (χ1n) is 11.1. The molecule has 1 aliphatic heterocycles. The molecule has 1 spiro atoms. The van der Waals surface area contributed by atoms with Gasteiger partial charge in [0.2, 0.25) is 5.91 Å². The average Bonchev–Trinajstić information content (AvgIpc) is 3.15.